The SMILES string of the molecule is N#CCCNC(=O)CC1CCc2cc(Br)cc3[nH]c(=O)c(=O)n1c23. The number of nitrogens with one attached hydrogen (secondary N) is 2. The highest BCUT2D eigenvalue weighted by atomic mass is 79.9. The fraction of sp³-hybridized carbons (Fsp3) is 0.375. The maximum atomic E-state index is 12.4. The first-order valence-corrected chi connectivity index (χ1v) is 8.41. The van der Waals surface area contributed by atoms with E-state index in [1.807, 2.05) is 12.1 Å². The number of aryl methyl sites for hydroxylation is 1. The molecule has 1 aromatic carbocycles. The number of nitriles is 1. The van der Waals surface area contributed by atoms with Crippen molar-refractivity contribution >= 4 is 32.9 Å². The molecule has 124 valence electrons. The second-order valence-corrected chi connectivity index (χ2v) is 6.66. The summed E-state index contributed by atoms with van der Waals surface area (Å²) < 4.78 is 2.28. The van der Waals surface area contributed by atoms with Crippen molar-refractivity contribution in [2.75, 3.05) is 6.54 Å². The van der Waals surface area contributed by atoms with Crippen molar-refractivity contribution in [3.63, 3.8) is 0 Å². The van der Waals surface area contributed by atoms with Crippen LogP contribution in [-0.2, 0) is 11.2 Å². The standard InChI is InChI=1S/C16H15BrN4O3/c17-10-6-9-2-3-11(8-13(22)19-5-1-4-18)21-14(9)12(7-10)20-15(23)16(21)24/h6-7,11H,1-3,5,8H2,(H,19,22)(H,20,23). The van der Waals surface area contributed by atoms with Gasteiger partial charge in [-0.2, -0.15) is 5.26 Å². The van der Waals surface area contributed by atoms with Crippen LogP contribution < -0.4 is 16.4 Å². The summed E-state index contributed by atoms with van der Waals surface area (Å²) in [4.78, 5) is 39.0. The highest BCUT2D eigenvalue weighted by Gasteiger charge is 2.26. The van der Waals surface area contributed by atoms with Crippen molar-refractivity contribution in [1.82, 2.24) is 14.9 Å². The minimum Gasteiger partial charge on any atom is -0.355 e. The van der Waals surface area contributed by atoms with Gasteiger partial charge in [-0.1, -0.05) is 15.9 Å². The molecule has 0 fully saturated rings. The number of aromatic nitrogens is 2. The Balaban J connectivity index is 2.02. The van der Waals surface area contributed by atoms with E-state index in [4.69, 9.17) is 5.26 Å². The second-order valence-electron chi connectivity index (χ2n) is 5.75. The van der Waals surface area contributed by atoms with E-state index in [9.17, 15) is 14.4 Å². The molecule has 0 saturated heterocycles. The van der Waals surface area contributed by atoms with Crippen LogP contribution in [-0.4, -0.2) is 22.0 Å². The van der Waals surface area contributed by atoms with Gasteiger partial charge < -0.3 is 10.3 Å². The zero-order chi connectivity index (χ0) is 17.3. The molecule has 1 atom stereocenters. The Bertz CT molecular complexity index is 970. The molecule has 0 spiro atoms. The molecule has 3 rings (SSSR count). The number of carbonyl (C=O) groups is 1. The number of H-pyrrole nitrogens is 1. The minimum atomic E-state index is -0.691. The lowest BCUT2D eigenvalue weighted by Gasteiger charge is -2.27. The minimum absolute atomic E-state index is 0.111. The Morgan fingerprint density at radius 1 is 1.46 bits per heavy atom. The first-order chi connectivity index (χ1) is 11.5. The van der Waals surface area contributed by atoms with E-state index in [2.05, 4.69) is 26.2 Å². The van der Waals surface area contributed by atoms with Gasteiger partial charge >= 0.3 is 11.1 Å². The van der Waals surface area contributed by atoms with Crippen molar-refractivity contribution < 1.29 is 4.79 Å². The van der Waals surface area contributed by atoms with Crippen LogP contribution in [0.2, 0.25) is 0 Å². The molecule has 2 heterocycles. The van der Waals surface area contributed by atoms with Crippen molar-refractivity contribution in [2.24, 2.45) is 0 Å². The van der Waals surface area contributed by atoms with Gasteiger partial charge in [0.25, 0.3) is 0 Å². The van der Waals surface area contributed by atoms with Crippen molar-refractivity contribution in [2.45, 2.75) is 31.7 Å². The molecule has 0 aliphatic carbocycles. The van der Waals surface area contributed by atoms with Gasteiger partial charge in [0.2, 0.25) is 5.91 Å². The van der Waals surface area contributed by atoms with Gasteiger partial charge in [0.05, 0.1) is 23.5 Å². The van der Waals surface area contributed by atoms with Crippen LogP contribution in [0.3, 0.4) is 0 Å². The molecule has 2 aromatic rings. The molecule has 2 N–H and O–H groups in total. The number of rotatable bonds is 4. The molecule has 0 saturated carbocycles. The lowest BCUT2D eigenvalue weighted by Crippen LogP contribution is -2.41. The summed E-state index contributed by atoms with van der Waals surface area (Å²) in [6.45, 7) is 0.283. The molecule has 7 nitrogen and oxygen atoms in total. The van der Waals surface area contributed by atoms with Gasteiger partial charge in [-0.3, -0.25) is 19.0 Å². The third-order valence-electron chi connectivity index (χ3n) is 4.15. The molecule has 0 bridgehead atoms. The van der Waals surface area contributed by atoms with E-state index in [0.29, 0.717) is 17.5 Å². The Morgan fingerprint density at radius 2 is 2.25 bits per heavy atom. The average Bonchev–Trinajstić information content (AvgIpc) is 2.53. The molecular formula is C16H15BrN4O3. The molecule has 8 heteroatoms. The third kappa shape index (κ3) is 2.99. The monoisotopic (exact) mass is 390 g/mol. The van der Waals surface area contributed by atoms with Crippen LogP contribution >= 0.6 is 15.9 Å². The van der Waals surface area contributed by atoms with Gasteiger partial charge in [-0.15, -0.1) is 0 Å². The molecule has 1 aliphatic heterocycles. The maximum absolute atomic E-state index is 12.4. The average molecular weight is 391 g/mol. The largest absolute Gasteiger partial charge is 0.355 e. The summed E-state index contributed by atoms with van der Waals surface area (Å²) in [6.07, 6.45) is 1.67. The number of carbonyl (C=O) groups excluding carboxylic acids is 1. The summed E-state index contributed by atoms with van der Waals surface area (Å²) in [7, 11) is 0. The molecule has 1 aromatic heterocycles. The zero-order valence-electron chi connectivity index (χ0n) is 12.8. The van der Waals surface area contributed by atoms with E-state index in [0.717, 1.165) is 16.5 Å². The fourth-order valence-corrected chi connectivity index (χ4v) is 3.65. The summed E-state index contributed by atoms with van der Waals surface area (Å²) in [5.74, 6) is -0.226. The first-order valence-electron chi connectivity index (χ1n) is 7.62. The maximum Gasteiger partial charge on any atom is 0.317 e. The topological polar surface area (TPSA) is 108 Å². The van der Waals surface area contributed by atoms with Gasteiger partial charge in [0.15, 0.2) is 0 Å². The van der Waals surface area contributed by atoms with Crippen LogP contribution in [0.25, 0.3) is 11.0 Å². The summed E-state index contributed by atoms with van der Waals surface area (Å²) in [5, 5.41) is 11.2. The van der Waals surface area contributed by atoms with E-state index in [-0.39, 0.29) is 31.3 Å². The Kier molecular flexibility index (Phi) is 4.53. The molecule has 1 aliphatic rings. The van der Waals surface area contributed by atoms with Gasteiger partial charge in [-0.25, -0.2) is 0 Å². The normalized spacial score (nSPS) is 15.9. The highest BCUT2D eigenvalue weighted by molar-refractivity contribution is 9.10. The van der Waals surface area contributed by atoms with Crippen LogP contribution in [0.1, 0.15) is 30.9 Å². The van der Waals surface area contributed by atoms with Crippen molar-refractivity contribution in [1.29, 1.82) is 5.26 Å². The van der Waals surface area contributed by atoms with Crippen LogP contribution in [0, 0.1) is 11.3 Å². The molecule has 1 unspecified atom stereocenters. The third-order valence-corrected chi connectivity index (χ3v) is 4.61. The van der Waals surface area contributed by atoms with Gasteiger partial charge in [-0.05, 0) is 30.5 Å². The number of halogens is 1. The Hall–Kier alpha value is -2.40. The molecule has 1 amide bonds. The van der Waals surface area contributed by atoms with Crippen LogP contribution in [0.4, 0.5) is 0 Å². The Labute approximate surface area is 145 Å². The van der Waals surface area contributed by atoms with Gasteiger partial charge in [0, 0.05) is 23.5 Å². The van der Waals surface area contributed by atoms with E-state index >= 15 is 0 Å². The lowest BCUT2D eigenvalue weighted by atomic mass is 9.96. The summed E-state index contributed by atoms with van der Waals surface area (Å²) in [5.41, 5.74) is 0.903. The van der Waals surface area contributed by atoms with Crippen LogP contribution in [0.5, 0.6) is 0 Å². The van der Waals surface area contributed by atoms with Crippen molar-refractivity contribution in [3.8, 4) is 6.07 Å². The number of benzene rings is 1. The smallest absolute Gasteiger partial charge is 0.317 e. The van der Waals surface area contributed by atoms with Crippen molar-refractivity contribution in [3.05, 3.63) is 42.9 Å². The number of amides is 1. The number of hydrogen-bond acceptors (Lipinski definition) is 4. The predicted molar refractivity (Wildman–Crippen MR) is 91.7 cm³/mol. The van der Waals surface area contributed by atoms with Gasteiger partial charge in [0.1, 0.15) is 0 Å². The van der Waals surface area contributed by atoms with E-state index < -0.39 is 11.1 Å². The number of nitrogens with zero attached hydrogens (tertiary/aromatic N) is 2. The molecular weight excluding hydrogens is 376 g/mol. The Morgan fingerprint density at radius 3 is 3.00 bits per heavy atom. The quantitative estimate of drug-likeness (QED) is 0.606. The highest BCUT2D eigenvalue weighted by Crippen LogP contribution is 2.32. The van der Waals surface area contributed by atoms with Crippen LogP contribution in [0.15, 0.2) is 26.2 Å². The summed E-state index contributed by atoms with van der Waals surface area (Å²) in [6, 6.07) is 5.28. The first kappa shape index (κ1) is 16.5. The van der Waals surface area contributed by atoms with E-state index in [1.165, 1.54) is 4.57 Å². The number of aromatic amines is 1. The second kappa shape index (κ2) is 6.61. The molecule has 0 radical (unpaired) electrons. The summed E-state index contributed by atoms with van der Waals surface area (Å²) >= 11 is 3.41. The lowest BCUT2D eigenvalue weighted by molar-refractivity contribution is -0.121. The fourth-order valence-electron chi connectivity index (χ4n) is 3.15. The number of hydrogen-bond donors (Lipinski definition) is 2. The zero-order valence-corrected chi connectivity index (χ0v) is 14.4. The van der Waals surface area contributed by atoms with E-state index in [1.54, 1.807) is 6.07 Å². The predicted octanol–water partition coefficient (Wildman–Crippen LogP) is 1.36. The molecule has 24 heavy (non-hydrogen) atoms.